The van der Waals surface area contributed by atoms with Gasteiger partial charge in [-0.2, -0.15) is 13.5 Å². The normalized spacial score (nSPS) is 13.7. The molecule has 0 aliphatic carbocycles. The van der Waals surface area contributed by atoms with Gasteiger partial charge in [-0.05, 0) is 26.0 Å². The van der Waals surface area contributed by atoms with E-state index in [1.165, 1.54) is 26.2 Å². The van der Waals surface area contributed by atoms with Crippen LogP contribution in [0.4, 0.5) is 0 Å². The predicted octanol–water partition coefficient (Wildman–Crippen LogP) is 1.43. The summed E-state index contributed by atoms with van der Waals surface area (Å²) in [6.07, 6.45) is 0. The summed E-state index contributed by atoms with van der Waals surface area (Å²) in [4.78, 5) is 13.3. The maximum absolute atomic E-state index is 11.9. The third-order valence-electron chi connectivity index (χ3n) is 2.45. The lowest BCUT2D eigenvalue weighted by atomic mass is 10.2. The molecule has 0 aromatic heterocycles. The van der Waals surface area contributed by atoms with Crippen LogP contribution in [0.15, 0.2) is 34.3 Å². The van der Waals surface area contributed by atoms with E-state index in [-0.39, 0.29) is 10.6 Å². The highest BCUT2D eigenvalue weighted by atomic mass is 35.5. The second-order valence-electron chi connectivity index (χ2n) is 4.05. The molecule has 110 valence electrons. The molecule has 1 rings (SSSR count). The number of methoxy groups -OCH3 is 1. The number of carbonyl (C=O) groups is 1. The Hall–Kier alpha value is -1.60. The lowest BCUT2D eigenvalue weighted by molar-refractivity contribution is -0.138. The van der Waals surface area contributed by atoms with Gasteiger partial charge in [0.25, 0.3) is 10.0 Å². The molecule has 1 aromatic rings. The van der Waals surface area contributed by atoms with Crippen molar-refractivity contribution in [2.75, 3.05) is 7.11 Å². The first-order chi connectivity index (χ1) is 9.27. The van der Waals surface area contributed by atoms with Crippen molar-refractivity contribution in [3.63, 3.8) is 0 Å². The summed E-state index contributed by atoms with van der Waals surface area (Å²) in [7, 11) is -2.60. The minimum Gasteiger partial charge on any atom is -0.468 e. The van der Waals surface area contributed by atoms with Crippen LogP contribution in [0.25, 0.3) is 0 Å². The topological polar surface area (TPSA) is 84.8 Å². The van der Waals surface area contributed by atoms with Crippen LogP contribution in [0, 0.1) is 6.92 Å². The standard InChI is InChI=1S/C12H15ClN2O4S/c1-8-4-6-10(7-5-8)20(17,18)15-14-9(2)11(13)12(16)19-3/h4-7,11,15H,1-3H3. The Morgan fingerprint density at radius 1 is 1.35 bits per heavy atom. The fourth-order valence-electron chi connectivity index (χ4n) is 1.23. The molecule has 6 nitrogen and oxygen atoms in total. The van der Waals surface area contributed by atoms with Crippen molar-refractivity contribution in [1.29, 1.82) is 0 Å². The van der Waals surface area contributed by atoms with Crippen molar-refractivity contribution < 1.29 is 17.9 Å². The summed E-state index contributed by atoms with van der Waals surface area (Å²) in [6.45, 7) is 3.27. The molecule has 20 heavy (non-hydrogen) atoms. The molecule has 0 aliphatic rings. The summed E-state index contributed by atoms with van der Waals surface area (Å²) in [5.74, 6) is -0.706. The Morgan fingerprint density at radius 3 is 2.40 bits per heavy atom. The summed E-state index contributed by atoms with van der Waals surface area (Å²) in [5, 5.41) is 2.47. The lowest BCUT2D eigenvalue weighted by Gasteiger charge is -2.08. The van der Waals surface area contributed by atoms with Crippen molar-refractivity contribution in [1.82, 2.24) is 4.83 Å². The highest BCUT2D eigenvalue weighted by Crippen LogP contribution is 2.10. The molecule has 0 saturated heterocycles. The van der Waals surface area contributed by atoms with Gasteiger partial charge in [-0.3, -0.25) is 4.79 Å². The van der Waals surface area contributed by atoms with Crippen molar-refractivity contribution in [3.05, 3.63) is 29.8 Å². The average Bonchev–Trinajstić information content (AvgIpc) is 2.43. The van der Waals surface area contributed by atoms with Crippen LogP contribution < -0.4 is 4.83 Å². The van der Waals surface area contributed by atoms with E-state index >= 15 is 0 Å². The number of rotatable bonds is 5. The van der Waals surface area contributed by atoms with Gasteiger partial charge >= 0.3 is 5.97 Å². The molecular formula is C12H15ClN2O4S. The number of alkyl halides is 1. The van der Waals surface area contributed by atoms with Gasteiger partial charge in [-0.25, -0.2) is 4.83 Å². The molecule has 0 radical (unpaired) electrons. The third-order valence-corrected chi connectivity index (χ3v) is 4.17. The van der Waals surface area contributed by atoms with Gasteiger partial charge in [0, 0.05) is 0 Å². The van der Waals surface area contributed by atoms with Crippen LogP contribution in [0.1, 0.15) is 12.5 Å². The zero-order valence-electron chi connectivity index (χ0n) is 11.3. The number of sulfonamides is 1. The summed E-state index contributed by atoms with van der Waals surface area (Å²) in [6, 6.07) is 6.26. The highest BCUT2D eigenvalue weighted by molar-refractivity contribution is 7.89. The summed E-state index contributed by atoms with van der Waals surface area (Å²) < 4.78 is 28.3. The Labute approximate surface area is 122 Å². The summed E-state index contributed by atoms with van der Waals surface area (Å²) >= 11 is 5.74. The number of ether oxygens (including phenoxy) is 1. The SMILES string of the molecule is COC(=O)C(Cl)C(C)=NNS(=O)(=O)c1ccc(C)cc1. The van der Waals surface area contributed by atoms with E-state index in [0.717, 1.165) is 5.56 Å². The minimum absolute atomic E-state index is 0.0730. The lowest BCUT2D eigenvalue weighted by Crippen LogP contribution is -2.27. The van der Waals surface area contributed by atoms with Gasteiger partial charge in [-0.1, -0.05) is 17.7 Å². The van der Waals surface area contributed by atoms with E-state index in [2.05, 4.69) is 9.84 Å². The van der Waals surface area contributed by atoms with Crippen LogP contribution in [0.5, 0.6) is 0 Å². The van der Waals surface area contributed by atoms with Gasteiger partial charge in [0.2, 0.25) is 0 Å². The quantitative estimate of drug-likeness (QED) is 0.385. The summed E-state index contributed by atoms with van der Waals surface area (Å²) in [5.41, 5.74) is 1.03. The third kappa shape index (κ3) is 4.21. The van der Waals surface area contributed by atoms with E-state index in [1.807, 2.05) is 11.8 Å². The number of hydrogen-bond donors (Lipinski definition) is 1. The van der Waals surface area contributed by atoms with Gasteiger partial charge in [0.15, 0.2) is 5.38 Å². The highest BCUT2D eigenvalue weighted by Gasteiger charge is 2.20. The van der Waals surface area contributed by atoms with Gasteiger partial charge in [0.05, 0.1) is 17.7 Å². The van der Waals surface area contributed by atoms with Crippen LogP contribution in [-0.2, 0) is 19.6 Å². The monoisotopic (exact) mass is 318 g/mol. The maximum atomic E-state index is 11.9. The molecule has 1 N–H and O–H groups in total. The fraction of sp³-hybridized carbons (Fsp3) is 0.333. The maximum Gasteiger partial charge on any atom is 0.329 e. The molecule has 1 unspecified atom stereocenters. The van der Waals surface area contributed by atoms with Crippen LogP contribution >= 0.6 is 11.6 Å². The van der Waals surface area contributed by atoms with E-state index in [1.54, 1.807) is 12.1 Å². The molecule has 0 spiro atoms. The number of nitrogens with zero attached hydrogens (tertiary/aromatic N) is 1. The first-order valence-corrected chi connectivity index (χ1v) is 7.54. The number of carbonyl (C=O) groups excluding carboxylic acids is 1. The number of aryl methyl sites for hydroxylation is 1. The van der Waals surface area contributed by atoms with Crippen molar-refractivity contribution in [3.8, 4) is 0 Å². The van der Waals surface area contributed by atoms with Gasteiger partial charge in [-0.15, -0.1) is 11.6 Å². The van der Waals surface area contributed by atoms with Crippen molar-refractivity contribution in [2.45, 2.75) is 24.1 Å². The zero-order chi connectivity index (χ0) is 15.3. The largest absolute Gasteiger partial charge is 0.468 e. The van der Waals surface area contributed by atoms with Crippen LogP contribution in [0.2, 0.25) is 0 Å². The second kappa shape index (κ2) is 6.71. The van der Waals surface area contributed by atoms with E-state index in [9.17, 15) is 13.2 Å². The van der Waals surface area contributed by atoms with E-state index in [0.29, 0.717) is 0 Å². The van der Waals surface area contributed by atoms with Gasteiger partial charge in [0.1, 0.15) is 0 Å². The molecule has 1 atom stereocenters. The van der Waals surface area contributed by atoms with Crippen molar-refractivity contribution >= 4 is 33.3 Å². The molecule has 0 aliphatic heterocycles. The zero-order valence-corrected chi connectivity index (χ0v) is 12.8. The second-order valence-corrected chi connectivity index (χ2v) is 6.14. The molecule has 0 bridgehead atoms. The number of halogens is 1. The Balaban J connectivity index is 2.87. The molecule has 0 heterocycles. The van der Waals surface area contributed by atoms with Crippen LogP contribution in [0.3, 0.4) is 0 Å². The Kier molecular flexibility index (Phi) is 5.52. The van der Waals surface area contributed by atoms with Crippen molar-refractivity contribution in [2.24, 2.45) is 5.10 Å². The first-order valence-electron chi connectivity index (χ1n) is 5.62. The smallest absolute Gasteiger partial charge is 0.329 e. The van der Waals surface area contributed by atoms with E-state index in [4.69, 9.17) is 11.6 Å². The predicted molar refractivity (Wildman–Crippen MR) is 76.3 cm³/mol. The minimum atomic E-state index is -3.79. The van der Waals surface area contributed by atoms with Crippen LogP contribution in [-0.4, -0.2) is 32.6 Å². The average molecular weight is 319 g/mol. The number of benzene rings is 1. The Bertz CT molecular complexity index is 611. The first kappa shape index (κ1) is 16.5. The number of nitrogens with one attached hydrogen (secondary N) is 1. The fourth-order valence-corrected chi connectivity index (χ4v) is 2.23. The Morgan fingerprint density at radius 2 is 1.90 bits per heavy atom. The molecule has 0 saturated carbocycles. The molecule has 0 amide bonds. The number of hydrazone groups is 1. The molecule has 8 heteroatoms. The number of esters is 1. The van der Waals surface area contributed by atoms with E-state index < -0.39 is 21.4 Å². The molecule has 0 fully saturated rings. The molecule has 1 aromatic carbocycles. The molecular weight excluding hydrogens is 304 g/mol. The van der Waals surface area contributed by atoms with Gasteiger partial charge < -0.3 is 4.74 Å². The number of hydrogen-bond acceptors (Lipinski definition) is 5.